The van der Waals surface area contributed by atoms with Gasteiger partial charge in [-0.25, -0.2) is 0 Å². The van der Waals surface area contributed by atoms with Crippen LogP contribution in [0.2, 0.25) is 0 Å². The second-order valence-electron chi connectivity index (χ2n) is 8.52. The van der Waals surface area contributed by atoms with Crippen LogP contribution in [-0.2, 0) is 9.53 Å². The minimum Gasteiger partial charge on any atom is -0.381 e. The number of hydrogen-bond donors (Lipinski definition) is 1. The highest BCUT2D eigenvalue weighted by Gasteiger charge is 2.52. The van der Waals surface area contributed by atoms with Crippen LogP contribution in [0.15, 0.2) is 24.3 Å². The van der Waals surface area contributed by atoms with E-state index in [4.69, 9.17) is 4.74 Å². The molecule has 146 valence electrons. The Morgan fingerprint density at radius 1 is 1.15 bits per heavy atom. The summed E-state index contributed by atoms with van der Waals surface area (Å²) in [4.78, 5) is 28.2. The summed E-state index contributed by atoms with van der Waals surface area (Å²) in [5, 5.41) is 3.29. The predicted molar refractivity (Wildman–Crippen MR) is 103 cm³/mol. The van der Waals surface area contributed by atoms with Crippen LogP contribution in [0.4, 0.5) is 0 Å². The van der Waals surface area contributed by atoms with Gasteiger partial charge in [0, 0.05) is 43.3 Å². The fraction of sp³-hybridized carbons (Fsp3) is 0.636. The summed E-state index contributed by atoms with van der Waals surface area (Å²) in [6, 6.07) is 8.03. The highest BCUT2D eigenvalue weighted by molar-refractivity contribution is 5.96. The first-order valence-corrected chi connectivity index (χ1v) is 10.3. The lowest BCUT2D eigenvalue weighted by Crippen LogP contribution is -2.46. The molecule has 2 heterocycles. The molecule has 1 aliphatic carbocycles. The zero-order valence-electron chi connectivity index (χ0n) is 16.2. The molecule has 1 atom stereocenters. The lowest BCUT2D eigenvalue weighted by molar-refractivity contribution is -0.130. The molecule has 1 aromatic rings. The zero-order valence-corrected chi connectivity index (χ0v) is 16.2. The van der Waals surface area contributed by atoms with Crippen molar-refractivity contribution in [2.45, 2.75) is 51.5 Å². The monoisotopic (exact) mass is 370 g/mol. The summed E-state index contributed by atoms with van der Waals surface area (Å²) in [7, 11) is 0. The van der Waals surface area contributed by atoms with Gasteiger partial charge in [0.25, 0.3) is 5.91 Å². The molecule has 1 N–H and O–H groups in total. The SMILES string of the molecule is Cc1ccccc1C(=O)N1CC(C(=O)NC2CCCC2)C2(CCOCC2)C1. The van der Waals surface area contributed by atoms with E-state index in [9.17, 15) is 9.59 Å². The molecule has 1 spiro atoms. The standard InChI is InChI=1S/C22H30N2O3/c1-16-6-2-5-9-18(16)21(26)24-14-19(20(25)23-17-7-3-4-8-17)22(15-24)10-12-27-13-11-22/h2,5-6,9,17,19H,3-4,7-8,10-15H2,1H3,(H,23,25). The van der Waals surface area contributed by atoms with Gasteiger partial charge in [-0.2, -0.15) is 0 Å². The normalized spacial score (nSPS) is 25.1. The number of benzene rings is 1. The van der Waals surface area contributed by atoms with Crippen molar-refractivity contribution in [3.8, 4) is 0 Å². The van der Waals surface area contributed by atoms with Crippen molar-refractivity contribution in [1.82, 2.24) is 10.2 Å². The van der Waals surface area contributed by atoms with Crippen molar-refractivity contribution in [3.05, 3.63) is 35.4 Å². The van der Waals surface area contributed by atoms with Crippen LogP contribution < -0.4 is 5.32 Å². The van der Waals surface area contributed by atoms with E-state index in [1.807, 2.05) is 36.1 Å². The van der Waals surface area contributed by atoms with Gasteiger partial charge in [-0.15, -0.1) is 0 Å². The van der Waals surface area contributed by atoms with E-state index in [0.29, 0.717) is 32.3 Å². The average molecular weight is 370 g/mol. The Hall–Kier alpha value is -1.88. The molecule has 4 rings (SSSR count). The quantitative estimate of drug-likeness (QED) is 0.890. The highest BCUT2D eigenvalue weighted by atomic mass is 16.5. The minimum absolute atomic E-state index is 0.0510. The van der Waals surface area contributed by atoms with Gasteiger partial charge in [-0.05, 0) is 44.2 Å². The molecular weight excluding hydrogens is 340 g/mol. The molecule has 2 saturated heterocycles. The topological polar surface area (TPSA) is 58.6 Å². The maximum Gasteiger partial charge on any atom is 0.254 e. The summed E-state index contributed by atoms with van der Waals surface area (Å²) in [5.41, 5.74) is 1.60. The van der Waals surface area contributed by atoms with E-state index in [-0.39, 0.29) is 23.1 Å². The highest BCUT2D eigenvalue weighted by Crippen LogP contribution is 2.45. The second kappa shape index (κ2) is 7.63. The van der Waals surface area contributed by atoms with E-state index >= 15 is 0 Å². The van der Waals surface area contributed by atoms with Crippen LogP contribution in [0, 0.1) is 18.3 Å². The first kappa shape index (κ1) is 18.5. The smallest absolute Gasteiger partial charge is 0.254 e. The Bertz CT molecular complexity index is 705. The Morgan fingerprint density at radius 2 is 1.85 bits per heavy atom. The van der Waals surface area contributed by atoms with Crippen LogP contribution in [0.1, 0.15) is 54.4 Å². The zero-order chi connectivity index (χ0) is 18.9. The first-order chi connectivity index (χ1) is 13.1. The minimum atomic E-state index is -0.140. The largest absolute Gasteiger partial charge is 0.381 e. The van der Waals surface area contributed by atoms with Crippen molar-refractivity contribution >= 4 is 11.8 Å². The Morgan fingerprint density at radius 3 is 2.56 bits per heavy atom. The van der Waals surface area contributed by atoms with E-state index < -0.39 is 0 Å². The van der Waals surface area contributed by atoms with Gasteiger partial charge in [-0.1, -0.05) is 31.0 Å². The number of nitrogens with one attached hydrogen (secondary N) is 1. The van der Waals surface area contributed by atoms with Crippen LogP contribution in [0.5, 0.6) is 0 Å². The van der Waals surface area contributed by atoms with E-state index in [1.54, 1.807) is 0 Å². The van der Waals surface area contributed by atoms with E-state index in [0.717, 1.165) is 36.8 Å². The molecule has 3 fully saturated rings. The van der Waals surface area contributed by atoms with Gasteiger partial charge in [-0.3, -0.25) is 9.59 Å². The number of amides is 2. The van der Waals surface area contributed by atoms with Crippen molar-refractivity contribution in [2.24, 2.45) is 11.3 Å². The Labute approximate surface area is 161 Å². The first-order valence-electron chi connectivity index (χ1n) is 10.3. The molecule has 0 radical (unpaired) electrons. The fourth-order valence-electron chi connectivity index (χ4n) is 5.12. The van der Waals surface area contributed by atoms with Crippen LogP contribution >= 0.6 is 0 Å². The fourth-order valence-corrected chi connectivity index (χ4v) is 5.12. The maximum atomic E-state index is 13.2. The number of carbonyl (C=O) groups excluding carboxylic acids is 2. The van der Waals surface area contributed by atoms with Gasteiger partial charge >= 0.3 is 0 Å². The average Bonchev–Trinajstić information content (AvgIpc) is 3.30. The Balaban J connectivity index is 1.55. The van der Waals surface area contributed by atoms with E-state index in [1.165, 1.54) is 12.8 Å². The van der Waals surface area contributed by atoms with Gasteiger partial charge in [0.15, 0.2) is 0 Å². The summed E-state index contributed by atoms with van der Waals surface area (Å²) >= 11 is 0. The molecule has 5 nitrogen and oxygen atoms in total. The van der Waals surface area contributed by atoms with Crippen LogP contribution in [0.25, 0.3) is 0 Å². The molecule has 27 heavy (non-hydrogen) atoms. The summed E-state index contributed by atoms with van der Waals surface area (Å²) in [6.45, 7) is 4.51. The maximum absolute atomic E-state index is 13.2. The number of rotatable bonds is 3. The summed E-state index contributed by atoms with van der Waals surface area (Å²) in [6.07, 6.45) is 6.28. The molecular formula is C22H30N2O3. The third-order valence-corrected chi connectivity index (χ3v) is 6.82. The summed E-state index contributed by atoms with van der Waals surface area (Å²) in [5.74, 6) is 0.0639. The third-order valence-electron chi connectivity index (χ3n) is 6.82. The predicted octanol–water partition coefficient (Wildman–Crippen LogP) is 2.92. The molecule has 1 aromatic carbocycles. The molecule has 0 bridgehead atoms. The lowest BCUT2D eigenvalue weighted by atomic mass is 9.71. The van der Waals surface area contributed by atoms with Crippen LogP contribution in [0.3, 0.4) is 0 Å². The van der Waals surface area contributed by atoms with Crippen LogP contribution in [-0.4, -0.2) is 49.1 Å². The molecule has 1 saturated carbocycles. The van der Waals surface area contributed by atoms with Crippen molar-refractivity contribution in [2.75, 3.05) is 26.3 Å². The van der Waals surface area contributed by atoms with Crippen molar-refractivity contribution in [1.29, 1.82) is 0 Å². The molecule has 2 aliphatic heterocycles. The number of carbonyl (C=O) groups is 2. The van der Waals surface area contributed by atoms with E-state index in [2.05, 4.69) is 5.32 Å². The Kier molecular flexibility index (Phi) is 5.22. The molecule has 2 amide bonds. The van der Waals surface area contributed by atoms with Crippen molar-refractivity contribution in [3.63, 3.8) is 0 Å². The molecule has 3 aliphatic rings. The van der Waals surface area contributed by atoms with Crippen molar-refractivity contribution < 1.29 is 14.3 Å². The summed E-state index contributed by atoms with van der Waals surface area (Å²) < 4.78 is 5.58. The second-order valence-corrected chi connectivity index (χ2v) is 8.52. The van der Waals surface area contributed by atoms with Gasteiger partial charge in [0.2, 0.25) is 5.91 Å². The number of nitrogens with zero attached hydrogens (tertiary/aromatic N) is 1. The number of aryl methyl sites for hydroxylation is 1. The number of likely N-dealkylation sites (tertiary alicyclic amines) is 1. The third kappa shape index (κ3) is 3.62. The molecule has 1 unspecified atom stereocenters. The van der Waals surface area contributed by atoms with Gasteiger partial charge in [0.1, 0.15) is 0 Å². The number of hydrogen-bond acceptors (Lipinski definition) is 3. The molecule has 0 aromatic heterocycles. The lowest BCUT2D eigenvalue weighted by Gasteiger charge is -2.37. The van der Waals surface area contributed by atoms with Gasteiger partial charge in [0.05, 0.1) is 5.92 Å². The van der Waals surface area contributed by atoms with Gasteiger partial charge < -0.3 is 15.0 Å². The number of ether oxygens (including phenoxy) is 1. The molecule has 5 heteroatoms.